The van der Waals surface area contributed by atoms with Crippen LogP contribution in [0.2, 0.25) is 0 Å². The van der Waals surface area contributed by atoms with Crippen LogP contribution in [-0.4, -0.2) is 66.3 Å². The Hall–Kier alpha value is -16.4. The van der Waals surface area contributed by atoms with Gasteiger partial charge in [0.2, 0.25) is 0 Å². The topological polar surface area (TPSA) is 152 Å². The van der Waals surface area contributed by atoms with Gasteiger partial charge in [-0.3, -0.25) is 0 Å². The Morgan fingerprint density at radius 3 is 0.541 bits per heavy atom. The molecule has 734 valence electrons. The number of nitrogens with one attached hydrogen (secondary N) is 4. The van der Waals surface area contributed by atoms with Gasteiger partial charge in [0.15, 0.2) is 0 Å². The predicted molar refractivity (Wildman–Crippen MR) is 622 cm³/mol. The van der Waals surface area contributed by atoms with Crippen molar-refractivity contribution in [3.63, 3.8) is 0 Å². The first kappa shape index (κ1) is 96.4. The molecular weight excluding hydrogens is 1810 g/mol. The summed E-state index contributed by atoms with van der Waals surface area (Å²) in [5, 5.41) is 4.20. The molecule has 22 rings (SSSR count). The quantitative estimate of drug-likeness (QED) is 0.0584. The molecule has 18 aromatic rings. The highest BCUT2D eigenvalue weighted by atomic mass is 16.5. The van der Waals surface area contributed by atoms with E-state index in [0.717, 1.165) is 211 Å². The number of ether oxygens (including phenoxy) is 4. The Morgan fingerprint density at radius 1 is 0.176 bits per heavy atom. The fourth-order valence-electron chi connectivity index (χ4n) is 21.0. The van der Waals surface area contributed by atoms with Crippen molar-refractivity contribution in [2.45, 2.75) is 157 Å². The molecule has 12 nitrogen and oxygen atoms in total. The van der Waals surface area contributed by atoms with Crippen molar-refractivity contribution < 1.29 is 18.9 Å². The highest BCUT2D eigenvalue weighted by Crippen LogP contribution is 2.50. The number of hydrogen-bond acceptors (Lipinski definition) is 8. The number of aromatic nitrogens is 8. The summed E-state index contributed by atoms with van der Waals surface area (Å²) < 4.78 is 27.5. The second-order valence-electron chi connectivity index (χ2n) is 45.7. The van der Waals surface area contributed by atoms with Crippen molar-refractivity contribution in [3.05, 3.63) is 394 Å². The molecule has 0 radical (unpaired) electrons. The minimum Gasteiger partial charge on any atom is -0.490 e. The molecule has 10 heterocycles. The van der Waals surface area contributed by atoms with E-state index in [-0.39, 0.29) is 58.9 Å². The van der Waals surface area contributed by atoms with Crippen molar-refractivity contribution >= 4 is 114 Å². The van der Waals surface area contributed by atoms with E-state index in [0.29, 0.717) is 23.0 Å². The van der Waals surface area contributed by atoms with Crippen LogP contribution in [0.4, 0.5) is 0 Å². The molecule has 12 heteroatoms. The molecule has 12 aromatic carbocycles. The highest BCUT2D eigenvalue weighted by molar-refractivity contribution is 6.11. The van der Waals surface area contributed by atoms with Crippen LogP contribution in [0.1, 0.15) is 204 Å². The Kier molecular flexibility index (Phi) is 24.9. The van der Waals surface area contributed by atoms with Gasteiger partial charge in [0.25, 0.3) is 0 Å². The summed E-state index contributed by atoms with van der Waals surface area (Å²) >= 11 is 0. The van der Waals surface area contributed by atoms with E-state index in [1.807, 2.05) is 0 Å². The summed E-state index contributed by atoms with van der Waals surface area (Å²) in [5.74, 6) is 2.80. The second kappa shape index (κ2) is 38.2. The first-order chi connectivity index (χ1) is 71.1. The normalized spacial score (nSPS) is 12.8. The first-order valence-corrected chi connectivity index (χ1v) is 51.8. The molecule has 4 N–H and O–H groups in total. The molecular formula is C136H126N8O4. The average molecular weight is 1940 g/mol. The fraction of sp³-hybridized carbons (Fsp3) is 0.206. The minimum atomic E-state index is -0.0441. The van der Waals surface area contributed by atoms with Gasteiger partial charge in [0.05, 0.1) is 45.6 Å². The zero-order valence-corrected chi connectivity index (χ0v) is 87.9. The molecule has 0 spiro atoms. The van der Waals surface area contributed by atoms with Crippen LogP contribution in [0.25, 0.3) is 214 Å². The van der Waals surface area contributed by atoms with Crippen LogP contribution >= 0.6 is 0 Å². The fourth-order valence-corrected chi connectivity index (χ4v) is 21.0. The molecule has 0 aliphatic carbocycles. The maximum absolute atomic E-state index is 7.02. The summed E-state index contributed by atoms with van der Waals surface area (Å²) in [6.45, 7) is 41.7. The van der Waals surface area contributed by atoms with Gasteiger partial charge in [-0.1, -0.05) is 355 Å². The van der Waals surface area contributed by atoms with Gasteiger partial charge in [0.1, 0.15) is 49.4 Å². The average Bonchev–Trinajstić information content (AvgIpc) is 1.01. The van der Waals surface area contributed by atoms with Crippen molar-refractivity contribution in [1.29, 1.82) is 0 Å². The van der Waals surface area contributed by atoms with Crippen molar-refractivity contribution in [1.82, 2.24) is 39.9 Å². The summed E-state index contributed by atoms with van der Waals surface area (Å²) in [5.41, 5.74) is 39.5. The molecule has 4 aliphatic heterocycles. The van der Waals surface area contributed by atoms with Crippen LogP contribution in [0.5, 0.6) is 23.0 Å². The molecule has 0 amide bonds. The number of nitrogens with zero attached hydrogens (tertiary/aromatic N) is 4. The molecule has 0 fully saturated rings. The molecule has 0 atom stereocenters. The molecule has 0 saturated carbocycles. The molecule has 16 bridgehead atoms. The number of fused-ring (bicyclic) bond motifs is 18. The Balaban J connectivity index is 0.571. The first-order valence-electron chi connectivity index (χ1n) is 51.8. The van der Waals surface area contributed by atoms with Gasteiger partial charge in [-0.15, -0.1) is 0 Å². The standard InChI is InChI=1S/C136H126N8O4/c1-131(2,3)93-45-27-85(28-46-93)121-103-61-65-107(137-103)123(87-31-49-95(50-32-87)133(7,8)9)111-69-73-115(141-111)127(116-74-70-112(142-116)124(108-66-62-104(121)138-108)88-33-51-96(52-34-88)134(10,11)12)91-39-57-99(58-40-91)145-79-81-147-119-77-43-83-23-19-21-25-101(83)129(119)130-102-26-22-20-24-84(102)44-78-120(130)148-82-80-146-100-59-41-92(42-60-100)128-117-75-71-113(143-117)125(89-35-53-97(54-36-89)135(13,14)15)109-67-63-105(139-109)122(86-29-47-94(48-30-86)132(4,5)6)106-64-68-110(140-106)126(114-72-76-118(128)144-114)90-37-55-98(56-38-90)136(16,17)18/h19-78,137,139,142,144H,79-82H2,1-18H3. The Bertz CT molecular complexity index is 8100. The zero-order chi connectivity index (χ0) is 102. The number of H-pyrrole nitrogens is 4. The summed E-state index contributed by atoms with van der Waals surface area (Å²) in [6, 6.07) is 114. The molecule has 148 heavy (non-hydrogen) atoms. The summed E-state index contributed by atoms with van der Waals surface area (Å²) in [6.07, 6.45) is 17.4. The number of aromatic amines is 4. The van der Waals surface area contributed by atoms with E-state index in [2.05, 4.69) is 509 Å². The van der Waals surface area contributed by atoms with Gasteiger partial charge < -0.3 is 38.9 Å². The lowest BCUT2D eigenvalue weighted by atomic mass is 9.86. The van der Waals surface area contributed by atoms with Gasteiger partial charge in [-0.25, -0.2) is 19.9 Å². The van der Waals surface area contributed by atoms with Crippen LogP contribution < -0.4 is 18.9 Å². The van der Waals surface area contributed by atoms with Crippen molar-refractivity contribution in [3.8, 4) is 123 Å². The van der Waals surface area contributed by atoms with Crippen LogP contribution in [0.3, 0.4) is 0 Å². The van der Waals surface area contributed by atoms with Gasteiger partial charge in [0, 0.05) is 99.8 Å². The van der Waals surface area contributed by atoms with E-state index in [1.54, 1.807) is 0 Å². The summed E-state index contributed by atoms with van der Waals surface area (Å²) in [7, 11) is 0. The zero-order valence-electron chi connectivity index (χ0n) is 87.9. The second-order valence-corrected chi connectivity index (χ2v) is 45.7. The molecule has 6 aromatic heterocycles. The van der Waals surface area contributed by atoms with E-state index in [9.17, 15) is 0 Å². The summed E-state index contributed by atoms with van der Waals surface area (Å²) in [4.78, 5) is 38.7. The van der Waals surface area contributed by atoms with Crippen LogP contribution in [0, 0.1) is 0 Å². The SMILES string of the molecule is CC(C)(C)c1ccc(-c2c3nc(c(-c4ccc(C(C)(C)C)cc4)c4ccc([nH]4)c(-c4ccc(C(C)(C)C)cc4)c4nc(c(-c5ccc(OCCOc6ccc7ccccc7c6-c6c(OCCOc7ccc(-c8c9nc(c(-c%10ccc(C(C)(C)C)cc%10)c%10ccc([nH]%10)c(-c%10ccc(C(C)(C)C)cc%10)c%10nc(c(-c%11ccc(C(C)(C)C)cc%11)c%11ccc8[nH]%11)C=C%10)C=C9)cc7)ccc7ccccc67)cc5)c5ccc2[nH]5)C=C4)C=C3)cc1. The molecule has 0 saturated heterocycles. The van der Waals surface area contributed by atoms with E-state index in [1.165, 1.54) is 33.4 Å². The lowest BCUT2D eigenvalue weighted by Crippen LogP contribution is -2.11. The number of hydrogen-bond donors (Lipinski definition) is 4. The number of benzene rings is 12. The van der Waals surface area contributed by atoms with Crippen molar-refractivity contribution in [2.75, 3.05) is 26.4 Å². The lowest BCUT2D eigenvalue weighted by Gasteiger charge is -2.20. The van der Waals surface area contributed by atoms with E-state index in [4.69, 9.17) is 38.9 Å². The largest absolute Gasteiger partial charge is 0.490 e. The maximum Gasteiger partial charge on any atom is 0.128 e. The van der Waals surface area contributed by atoms with Crippen molar-refractivity contribution in [2.24, 2.45) is 0 Å². The number of rotatable bonds is 19. The minimum absolute atomic E-state index is 0.0256. The van der Waals surface area contributed by atoms with E-state index < -0.39 is 0 Å². The lowest BCUT2D eigenvalue weighted by molar-refractivity contribution is 0.216. The van der Waals surface area contributed by atoms with Gasteiger partial charge in [-0.2, -0.15) is 0 Å². The third-order valence-electron chi connectivity index (χ3n) is 29.3. The Labute approximate surface area is 868 Å². The third-order valence-corrected chi connectivity index (χ3v) is 29.3. The maximum atomic E-state index is 7.02. The van der Waals surface area contributed by atoms with Gasteiger partial charge >= 0.3 is 0 Å². The highest BCUT2D eigenvalue weighted by Gasteiger charge is 2.29. The Morgan fingerprint density at radius 2 is 0.351 bits per heavy atom. The van der Waals surface area contributed by atoms with Crippen LogP contribution in [-0.2, 0) is 32.5 Å². The van der Waals surface area contributed by atoms with Crippen LogP contribution in [0.15, 0.2) is 315 Å². The van der Waals surface area contributed by atoms with Gasteiger partial charge in [-0.05, 0) is 265 Å². The third kappa shape index (κ3) is 19.2. The molecule has 4 aliphatic rings. The predicted octanol–water partition coefficient (Wildman–Crippen LogP) is 35.6. The molecule has 0 unspecified atom stereocenters. The smallest absolute Gasteiger partial charge is 0.128 e. The monoisotopic (exact) mass is 1930 g/mol. The van der Waals surface area contributed by atoms with E-state index >= 15 is 0 Å².